The van der Waals surface area contributed by atoms with E-state index in [2.05, 4.69) is 23.5 Å². The molecule has 0 radical (unpaired) electrons. The lowest BCUT2D eigenvalue weighted by Gasteiger charge is -2.21. The molecule has 1 atom stereocenters. The zero-order chi connectivity index (χ0) is 15.3. The SMILES string of the molecule is CCNC(CS(=O)(=O)CC(C)C)c1cc(C)ccc1C. The molecule has 0 aliphatic heterocycles. The average Bonchev–Trinajstić information content (AvgIpc) is 2.29. The van der Waals surface area contributed by atoms with Crippen molar-refractivity contribution in [3.8, 4) is 0 Å². The van der Waals surface area contributed by atoms with Gasteiger partial charge in [-0.2, -0.15) is 0 Å². The second-order valence-electron chi connectivity index (χ2n) is 5.94. The predicted molar refractivity (Wildman–Crippen MR) is 85.8 cm³/mol. The molecule has 0 spiro atoms. The van der Waals surface area contributed by atoms with Crippen LogP contribution in [-0.2, 0) is 9.84 Å². The smallest absolute Gasteiger partial charge is 0.152 e. The Labute approximate surface area is 123 Å². The lowest BCUT2D eigenvalue weighted by atomic mass is 10.00. The first-order valence-corrected chi connectivity index (χ1v) is 9.08. The molecule has 1 N–H and O–H groups in total. The van der Waals surface area contributed by atoms with Crippen LogP contribution < -0.4 is 5.32 Å². The summed E-state index contributed by atoms with van der Waals surface area (Å²) in [6.45, 7) is 10.7. The topological polar surface area (TPSA) is 46.2 Å². The van der Waals surface area contributed by atoms with Gasteiger partial charge in [-0.05, 0) is 37.4 Å². The molecular formula is C16H27NO2S. The summed E-state index contributed by atoms with van der Waals surface area (Å²) in [7, 11) is -3.04. The number of hydrogen-bond donors (Lipinski definition) is 1. The zero-order valence-corrected chi connectivity index (χ0v) is 14.0. The fourth-order valence-electron chi connectivity index (χ4n) is 2.47. The van der Waals surface area contributed by atoms with Crippen LogP contribution in [0.25, 0.3) is 0 Å². The van der Waals surface area contributed by atoms with E-state index in [0.717, 1.165) is 23.2 Å². The van der Waals surface area contributed by atoms with Gasteiger partial charge in [0.1, 0.15) is 0 Å². The Hall–Kier alpha value is -0.870. The Kier molecular flexibility index (Phi) is 6.21. The van der Waals surface area contributed by atoms with Gasteiger partial charge in [-0.3, -0.25) is 0 Å². The van der Waals surface area contributed by atoms with Crippen LogP contribution in [0.15, 0.2) is 18.2 Å². The van der Waals surface area contributed by atoms with E-state index in [0.29, 0.717) is 0 Å². The van der Waals surface area contributed by atoms with Crippen molar-refractivity contribution in [2.24, 2.45) is 5.92 Å². The molecule has 0 saturated carbocycles. The molecule has 0 aliphatic rings. The number of benzene rings is 1. The highest BCUT2D eigenvalue weighted by atomic mass is 32.2. The van der Waals surface area contributed by atoms with Crippen molar-refractivity contribution >= 4 is 9.84 Å². The van der Waals surface area contributed by atoms with Crippen LogP contribution in [0.4, 0.5) is 0 Å². The van der Waals surface area contributed by atoms with E-state index in [1.54, 1.807) is 0 Å². The molecule has 3 nitrogen and oxygen atoms in total. The minimum Gasteiger partial charge on any atom is -0.309 e. The fourth-order valence-corrected chi connectivity index (χ4v) is 4.43. The van der Waals surface area contributed by atoms with E-state index in [4.69, 9.17) is 0 Å². The third-order valence-electron chi connectivity index (χ3n) is 3.27. The van der Waals surface area contributed by atoms with Crippen molar-refractivity contribution < 1.29 is 8.42 Å². The van der Waals surface area contributed by atoms with Crippen molar-refractivity contribution in [3.05, 3.63) is 34.9 Å². The molecule has 0 bridgehead atoms. The molecule has 114 valence electrons. The van der Waals surface area contributed by atoms with Gasteiger partial charge in [-0.1, -0.05) is 44.5 Å². The van der Waals surface area contributed by atoms with Crippen LogP contribution >= 0.6 is 0 Å². The fraction of sp³-hybridized carbons (Fsp3) is 0.625. The number of sulfone groups is 1. The summed E-state index contributed by atoms with van der Waals surface area (Å²) in [4.78, 5) is 0. The predicted octanol–water partition coefficient (Wildman–Crippen LogP) is 3.02. The number of rotatable bonds is 7. The van der Waals surface area contributed by atoms with Crippen LogP contribution in [0.5, 0.6) is 0 Å². The Bertz CT molecular complexity index is 535. The van der Waals surface area contributed by atoms with Gasteiger partial charge in [-0.25, -0.2) is 8.42 Å². The van der Waals surface area contributed by atoms with Gasteiger partial charge in [0.2, 0.25) is 0 Å². The van der Waals surface area contributed by atoms with Crippen molar-refractivity contribution in [1.82, 2.24) is 5.32 Å². The molecule has 1 unspecified atom stereocenters. The van der Waals surface area contributed by atoms with Crippen LogP contribution in [0, 0.1) is 19.8 Å². The maximum atomic E-state index is 12.3. The lowest BCUT2D eigenvalue weighted by molar-refractivity contribution is 0.549. The molecule has 0 aliphatic carbocycles. The van der Waals surface area contributed by atoms with Gasteiger partial charge in [0.25, 0.3) is 0 Å². The molecule has 0 fully saturated rings. The maximum absolute atomic E-state index is 12.3. The summed E-state index contributed by atoms with van der Waals surface area (Å²) in [5.41, 5.74) is 3.40. The minimum absolute atomic E-state index is 0.122. The second-order valence-corrected chi connectivity index (χ2v) is 8.09. The summed E-state index contributed by atoms with van der Waals surface area (Å²) in [6.07, 6.45) is 0. The minimum atomic E-state index is -3.04. The van der Waals surface area contributed by atoms with Crippen molar-refractivity contribution in [2.75, 3.05) is 18.1 Å². The third-order valence-corrected chi connectivity index (χ3v) is 5.28. The number of nitrogens with one attached hydrogen (secondary N) is 1. The van der Waals surface area contributed by atoms with Crippen LogP contribution in [0.3, 0.4) is 0 Å². The molecule has 0 saturated heterocycles. The summed E-state index contributed by atoms with van der Waals surface area (Å²) in [5.74, 6) is 0.587. The molecule has 0 heterocycles. The Morgan fingerprint density at radius 1 is 1.15 bits per heavy atom. The van der Waals surface area contributed by atoms with Gasteiger partial charge in [-0.15, -0.1) is 0 Å². The molecule has 1 rings (SSSR count). The van der Waals surface area contributed by atoms with Crippen LogP contribution in [-0.4, -0.2) is 26.5 Å². The molecule has 0 amide bonds. The maximum Gasteiger partial charge on any atom is 0.152 e. The summed E-state index contributed by atoms with van der Waals surface area (Å²) in [5, 5.41) is 3.32. The third kappa shape index (κ3) is 5.25. The van der Waals surface area contributed by atoms with E-state index >= 15 is 0 Å². The summed E-state index contributed by atoms with van der Waals surface area (Å²) < 4.78 is 24.5. The molecular weight excluding hydrogens is 270 g/mol. The first-order chi connectivity index (χ1) is 9.25. The molecule has 20 heavy (non-hydrogen) atoms. The molecule has 0 aromatic heterocycles. The normalized spacial score (nSPS) is 13.7. The largest absolute Gasteiger partial charge is 0.309 e. The van der Waals surface area contributed by atoms with E-state index in [-0.39, 0.29) is 23.5 Å². The zero-order valence-electron chi connectivity index (χ0n) is 13.2. The van der Waals surface area contributed by atoms with E-state index in [9.17, 15) is 8.42 Å². The first kappa shape index (κ1) is 17.2. The van der Waals surface area contributed by atoms with Crippen molar-refractivity contribution in [3.63, 3.8) is 0 Å². The van der Waals surface area contributed by atoms with Crippen LogP contribution in [0.1, 0.15) is 43.5 Å². The Balaban J connectivity index is 3.03. The Morgan fingerprint density at radius 3 is 2.35 bits per heavy atom. The number of hydrogen-bond acceptors (Lipinski definition) is 3. The van der Waals surface area contributed by atoms with Gasteiger partial charge in [0, 0.05) is 6.04 Å². The summed E-state index contributed by atoms with van der Waals surface area (Å²) in [6, 6.07) is 6.09. The Morgan fingerprint density at radius 2 is 1.80 bits per heavy atom. The number of aryl methyl sites for hydroxylation is 2. The monoisotopic (exact) mass is 297 g/mol. The highest BCUT2D eigenvalue weighted by molar-refractivity contribution is 7.91. The average molecular weight is 297 g/mol. The molecule has 1 aromatic rings. The first-order valence-electron chi connectivity index (χ1n) is 7.26. The van der Waals surface area contributed by atoms with Crippen molar-refractivity contribution in [2.45, 2.75) is 40.7 Å². The van der Waals surface area contributed by atoms with E-state index in [1.807, 2.05) is 34.6 Å². The highest BCUT2D eigenvalue weighted by Crippen LogP contribution is 2.21. The second kappa shape index (κ2) is 7.23. The van der Waals surface area contributed by atoms with Gasteiger partial charge in [0.15, 0.2) is 9.84 Å². The standard InChI is InChI=1S/C16H27NO2S/c1-6-17-16(11-20(18,19)10-12(2)3)15-9-13(4)7-8-14(15)5/h7-9,12,16-17H,6,10-11H2,1-5H3. The quantitative estimate of drug-likeness (QED) is 0.841. The van der Waals surface area contributed by atoms with E-state index < -0.39 is 9.84 Å². The lowest BCUT2D eigenvalue weighted by Crippen LogP contribution is -2.30. The van der Waals surface area contributed by atoms with Gasteiger partial charge >= 0.3 is 0 Å². The highest BCUT2D eigenvalue weighted by Gasteiger charge is 2.22. The van der Waals surface area contributed by atoms with Crippen molar-refractivity contribution in [1.29, 1.82) is 0 Å². The van der Waals surface area contributed by atoms with Gasteiger partial charge < -0.3 is 5.32 Å². The molecule has 1 aromatic carbocycles. The molecule has 4 heteroatoms. The van der Waals surface area contributed by atoms with E-state index in [1.165, 1.54) is 0 Å². The van der Waals surface area contributed by atoms with Crippen LogP contribution in [0.2, 0.25) is 0 Å². The summed E-state index contributed by atoms with van der Waals surface area (Å²) >= 11 is 0. The van der Waals surface area contributed by atoms with Gasteiger partial charge in [0.05, 0.1) is 11.5 Å².